The first-order valence-corrected chi connectivity index (χ1v) is 8.07. The van der Waals surface area contributed by atoms with E-state index in [-0.39, 0.29) is 0 Å². The van der Waals surface area contributed by atoms with E-state index in [0.717, 1.165) is 24.0 Å². The first-order valence-electron chi connectivity index (χ1n) is 8.07. The normalized spacial score (nSPS) is 18.0. The van der Waals surface area contributed by atoms with Crippen LogP contribution in [0.5, 0.6) is 11.5 Å². The fourth-order valence-corrected chi connectivity index (χ4v) is 3.14. The fourth-order valence-electron chi connectivity index (χ4n) is 3.14. The molecule has 0 bridgehead atoms. The molecule has 1 saturated carbocycles. The van der Waals surface area contributed by atoms with Crippen molar-refractivity contribution in [3.05, 3.63) is 59.7 Å². The van der Waals surface area contributed by atoms with Crippen molar-refractivity contribution in [2.24, 2.45) is 5.92 Å². The van der Waals surface area contributed by atoms with E-state index in [2.05, 4.69) is 41.7 Å². The number of hydrogen-bond acceptors (Lipinski definition) is 3. The molecule has 0 saturated heterocycles. The third-order valence-electron chi connectivity index (χ3n) is 4.41. The van der Waals surface area contributed by atoms with Gasteiger partial charge in [0.2, 0.25) is 0 Å². The van der Waals surface area contributed by atoms with E-state index in [4.69, 9.17) is 9.47 Å². The van der Waals surface area contributed by atoms with E-state index in [1.54, 1.807) is 0 Å². The minimum atomic E-state index is 0.432. The molecule has 1 N–H and O–H groups in total. The van der Waals surface area contributed by atoms with Crippen LogP contribution in [0.3, 0.4) is 0 Å². The largest absolute Gasteiger partial charge is 0.486 e. The lowest BCUT2D eigenvalue weighted by molar-refractivity contribution is 0.169. The molecule has 2 aliphatic rings. The Bertz CT molecular complexity index is 637. The maximum Gasteiger partial charge on any atom is 0.165 e. The second-order valence-electron chi connectivity index (χ2n) is 6.05. The summed E-state index contributed by atoms with van der Waals surface area (Å²) < 4.78 is 11.5. The number of nitrogens with one attached hydrogen (secondary N) is 1. The Hall–Kier alpha value is -2.00. The van der Waals surface area contributed by atoms with Crippen LogP contribution in [0, 0.1) is 5.92 Å². The van der Waals surface area contributed by atoms with Crippen LogP contribution in [0.4, 0.5) is 0 Å². The van der Waals surface area contributed by atoms with Gasteiger partial charge >= 0.3 is 0 Å². The zero-order chi connectivity index (χ0) is 14.8. The van der Waals surface area contributed by atoms with Gasteiger partial charge in [0.05, 0.1) is 0 Å². The average Bonchev–Trinajstić information content (AvgIpc) is 3.41. The molecular formula is C19H21NO2. The van der Waals surface area contributed by atoms with E-state index in [1.165, 1.54) is 24.0 Å². The molecule has 1 aliphatic carbocycles. The first-order chi connectivity index (χ1) is 10.9. The molecule has 1 heterocycles. The van der Waals surface area contributed by atoms with Crippen molar-refractivity contribution in [1.29, 1.82) is 0 Å². The Morgan fingerprint density at radius 3 is 2.59 bits per heavy atom. The minimum absolute atomic E-state index is 0.432. The summed E-state index contributed by atoms with van der Waals surface area (Å²) in [6.07, 6.45) is 2.64. The number of rotatable bonds is 5. The summed E-state index contributed by atoms with van der Waals surface area (Å²) in [7, 11) is 0. The Kier molecular flexibility index (Phi) is 3.73. The van der Waals surface area contributed by atoms with Crippen molar-refractivity contribution in [3.63, 3.8) is 0 Å². The molecule has 4 rings (SSSR count). The summed E-state index contributed by atoms with van der Waals surface area (Å²) in [4.78, 5) is 0. The zero-order valence-electron chi connectivity index (χ0n) is 12.6. The van der Waals surface area contributed by atoms with Crippen LogP contribution < -0.4 is 14.8 Å². The Balaban J connectivity index is 1.52. The van der Waals surface area contributed by atoms with Gasteiger partial charge in [0.1, 0.15) is 13.2 Å². The molecule has 2 aromatic rings. The maximum atomic E-state index is 5.80. The van der Waals surface area contributed by atoms with Gasteiger partial charge in [-0.2, -0.15) is 0 Å². The topological polar surface area (TPSA) is 30.5 Å². The lowest BCUT2D eigenvalue weighted by Crippen LogP contribution is -2.24. The molecule has 3 heteroatoms. The first kappa shape index (κ1) is 13.6. The van der Waals surface area contributed by atoms with Gasteiger partial charge in [-0.3, -0.25) is 0 Å². The number of ether oxygens (including phenoxy) is 2. The van der Waals surface area contributed by atoms with Crippen LogP contribution in [0.2, 0.25) is 0 Å². The fraction of sp³-hybridized carbons (Fsp3) is 0.368. The lowest BCUT2D eigenvalue weighted by Gasteiger charge is -2.23. The van der Waals surface area contributed by atoms with E-state index in [9.17, 15) is 0 Å². The number of para-hydroxylation sites is 1. The summed E-state index contributed by atoms with van der Waals surface area (Å²) in [5.41, 5.74) is 2.56. The Labute approximate surface area is 131 Å². The SMILES string of the molecule is c1ccc(C(NCc2cccc3c2OCCO3)C2CC2)cc1. The van der Waals surface area contributed by atoms with Crippen molar-refractivity contribution in [2.75, 3.05) is 13.2 Å². The predicted molar refractivity (Wildman–Crippen MR) is 86.2 cm³/mol. The van der Waals surface area contributed by atoms with Crippen LogP contribution in [-0.2, 0) is 6.54 Å². The second kappa shape index (κ2) is 6.01. The number of hydrogen-bond donors (Lipinski definition) is 1. The lowest BCUT2D eigenvalue weighted by atomic mass is 10.0. The molecule has 0 radical (unpaired) electrons. The van der Waals surface area contributed by atoms with Gasteiger partial charge < -0.3 is 14.8 Å². The van der Waals surface area contributed by atoms with Gasteiger partial charge in [0.25, 0.3) is 0 Å². The van der Waals surface area contributed by atoms with Gasteiger partial charge in [0, 0.05) is 18.2 Å². The molecule has 0 spiro atoms. The number of fused-ring (bicyclic) bond motifs is 1. The van der Waals surface area contributed by atoms with Gasteiger partial charge in [-0.1, -0.05) is 42.5 Å². The highest BCUT2D eigenvalue weighted by Crippen LogP contribution is 2.41. The third-order valence-corrected chi connectivity index (χ3v) is 4.41. The van der Waals surface area contributed by atoms with Crippen LogP contribution in [0.1, 0.15) is 30.0 Å². The van der Waals surface area contributed by atoms with Crippen molar-refractivity contribution >= 4 is 0 Å². The smallest absolute Gasteiger partial charge is 0.165 e. The van der Waals surface area contributed by atoms with Crippen LogP contribution in [-0.4, -0.2) is 13.2 Å². The standard InChI is InChI=1S/C19H21NO2/c1-2-5-14(6-3-1)18(15-9-10-15)20-13-16-7-4-8-17-19(16)22-12-11-21-17/h1-8,15,18,20H,9-13H2. The zero-order valence-corrected chi connectivity index (χ0v) is 12.6. The summed E-state index contributed by atoms with van der Waals surface area (Å²) >= 11 is 0. The Morgan fingerprint density at radius 2 is 1.77 bits per heavy atom. The van der Waals surface area contributed by atoms with E-state index in [1.807, 2.05) is 12.1 Å². The molecule has 0 amide bonds. The van der Waals surface area contributed by atoms with Gasteiger partial charge in [-0.15, -0.1) is 0 Å². The van der Waals surface area contributed by atoms with Gasteiger partial charge in [-0.25, -0.2) is 0 Å². The van der Waals surface area contributed by atoms with Crippen LogP contribution in [0.25, 0.3) is 0 Å². The van der Waals surface area contributed by atoms with Crippen molar-refractivity contribution < 1.29 is 9.47 Å². The Morgan fingerprint density at radius 1 is 0.955 bits per heavy atom. The monoisotopic (exact) mass is 295 g/mol. The average molecular weight is 295 g/mol. The molecular weight excluding hydrogens is 274 g/mol. The third kappa shape index (κ3) is 2.81. The molecule has 3 nitrogen and oxygen atoms in total. The summed E-state index contributed by atoms with van der Waals surface area (Å²) in [5.74, 6) is 2.54. The van der Waals surface area contributed by atoms with E-state index >= 15 is 0 Å². The van der Waals surface area contributed by atoms with Crippen molar-refractivity contribution in [3.8, 4) is 11.5 Å². The highest BCUT2D eigenvalue weighted by molar-refractivity contribution is 5.47. The maximum absolute atomic E-state index is 5.80. The highest BCUT2D eigenvalue weighted by Gasteiger charge is 2.32. The quantitative estimate of drug-likeness (QED) is 0.912. The van der Waals surface area contributed by atoms with Crippen molar-refractivity contribution in [1.82, 2.24) is 5.32 Å². The molecule has 22 heavy (non-hydrogen) atoms. The van der Waals surface area contributed by atoms with E-state index < -0.39 is 0 Å². The minimum Gasteiger partial charge on any atom is -0.486 e. The van der Waals surface area contributed by atoms with Crippen LogP contribution in [0.15, 0.2) is 48.5 Å². The molecule has 0 aromatic heterocycles. The van der Waals surface area contributed by atoms with Gasteiger partial charge in [-0.05, 0) is 30.4 Å². The molecule has 1 atom stereocenters. The summed E-state index contributed by atoms with van der Waals surface area (Å²) in [6, 6.07) is 17.3. The van der Waals surface area contributed by atoms with Crippen LogP contribution >= 0.6 is 0 Å². The number of benzene rings is 2. The van der Waals surface area contributed by atoms with Gasteiger partial charge in [0.15, 0.2) is 11.5 Å². The summed E-state index contributed by atoms with van der Waals surface area (Å²) in [5, 5.41) is 3.73. The molecule has 1 fully saturated rings. The molecule has 1 unspecified atom stereocenters. The van der Waals surface area contributed by atoms with E-state index in [0.29, 0.717) is 19.3 Å². The summed E-state index contributed by atoms with van der Waals surface area (Å²) in [6.45, 7) is 2.08. The molecule has 2 aromatic carbocycles. The molecule has 1 aliphatic heterocycles. The highest BCUT2D eigenvalue weighted by atomic mass is 16.6. The predicted octanol–water partition coefficient (Wildman–Crippen LogP) is 3.70. The van der Waals surface area contributed by atoms with Crippen molar-refractivity contribution in [2.45, 2.75) is 25.4 Å². The second-order valence-corrected chi connectivity index (χ2v) is 6.05. The molecule has 114 valence electrons.